The molecular formula is C20H25N7O. The lowest BCUT2D eigenvalue weighted by molar-refractivity contribution is -0.120. The topological polar surface area (TPSA) is 87.5 Å². The highest BCUT2D eigenvalue weighted by molar-refractivity contribution is 5.93. The van der Waals surface area contributed by atoms with Gasteiger partial charge in [0, 0.05) is 31.2 Å². The molecule has 4 rings (SSSR count). The molecule has 0 saturated carbocycles. The van der Waals surface area contributed by atoms with Gasteiger partial charge in [-0.1, -0.05) is 25.1 Å². The number of nitrogens with one attached hydrogen (secondary N) is 2. The van der Waals surface area contributed by atoms with E-state index in [-0.39, 0.29) is 11.8 Å². The van der Waals surface area contributed by atoms with Crippen molar-refractivity contribution in [2.24, 2.45) is 5.92 Å². The number of para-hydroxylation sites is 1. The molecule has 2 N–H and O–H groups in total. The minimum Gasteiger partial charge on any atom is -0.355 e. The number of hydrogen-bond donors (Lipinski definition) is 2. The van der Waals surface area contributed by atoms with Crippen LogP contribution in [0.15, 0.2) is 42.7 Å². The molecule has 8 heteroatoms. The van der Waals surface area contributed by atoms with Crippen molar-refractivity contribution in [2.45, 2.75) is 26.3 Å². The first-order chi connectivity index (χ1) is 13.7. The molecule has 1 aliphatic heterocycles. The first kappa shape index (κ1) is 18.4. The molecule has 8 nitrogen and oxygen atoms in total. The molecule has 0 unspecified atom stereocenters. The van der Waals surface area contributed by atoms with Gasteiger partial charge in [-0.2, -0.15) is 4.52 Å². The smallest absolute Gasteiger partial charge is 0.227 e. The minimum atomic E-state index is 0.0158. The SMILES string of the molecule is CCNCc1ccccc1NC(=O)C1CCN(c2ccc3nncn3n2)CC1. The molecule has 3 aromatic rings. The summed E-state index contributed by atoms with van der Waals surface area (Å²) < 4.78 is 1.68. The van der Waals surface area contributed by atoms with Crippen molar-refractivity contribution in [3.8, 4) is 0 Å². The monoisotopic (exact) mass is 379 g/mol. The Morgan fingerprint density at radius 3 is 2.82 bits per heavy atom. The Labute approximate surface area is 164 Å². The van der Waals surface area contributed by atoms with Crippen molar-refractivity contribution in [3.63, 3.8) is 0 Å². The Kier molecular flexibility index (Phi) is 5.48. The van der Waals surface area contributed by atoms with Crippen molar-refractivity contribution >= 4 is 23.1 Å². The minimum absolute atomic E-state index is 0.0158. The molecule has 1 aliphatic rings. The van der Waals surface area contributed by atoms with Crippen molar-refractivity contribution in [1.29, 1.82) is 0 Å². The van der Waals surface area contributed by atoms with Gasteiger partial charge < -0.3 is 15.5 Å². The summed E-state index contributed by atoms with van der Waals surface area (Å²) in [7, 11) is 0. The van der Waals surface area contributed by atoms with E-state index >= 15 is 0 Å². The average molecular weight is 379 g/mol. The molecule has 0 aliphatic carbocycles. The summed E-state index contributed by atoms with van der Waals surface area (Å²) in [5.41, 5.74) is 2.74. The van der Waals surface area contributed by atoms with Gasteiger partial charge in [0.25, 0.3) is 0 Å². The molecule has 2 aromatic heterocycles. The normalized spacial score (nSPS) is 15.1. The van der Waals surface area contributed by atoms with Crippen LogP contribution in [0.25, 0.3) is 5.65 Å². The molecule has 1 saturated heterocycles. The van der Waals surface area contributed by atoms with Gasteiger partial charge >= 0.3 is 0 Å². The number of carbonyl (C=O) groups excluding carboxylic acids is 1. The van der Waals surface area contributed by atoms with Crippen LogP contribution in [0.3, 0.4) is 0 Å². The fourth-order valence-corrected chi connectivity index (χ4v) is 3.55. The first-order valence-corrected chi connectivity index (χ1v) is 9.76. The van der Waals surface area contributed by atoms with E-state index in [0.717, 1.165) is 61.7 Å². The third-order valence-electron chi connectivity index (χ3n) is 5.18. The number of fused-ring (bicyclic) bond motifs is 1. The van der Waals surface area contributed by atoms with Crippen LogP contribution >= 0.6 is 0 Å². The van der Waals surface area contributed by atoms with Crippen LogP contribution in [0.5, 0.6) is 0 Å². The standard InChI is InChI=1S/C20H25N7O/c1-2-21-13-16-5-3-4-6-17(16)23-20(28)15-9-11-26(12-10-15)19-8-7-18-24-22-14-27(18)25-19/h3-8,14-15,21H,2,9-13H2,1H3,(H,23,28). The molecule has 28 heavy (non-hydrogen) atoms. The molecular weight excluding hydrogens is 354 g/mol. The molecule has 1 amide bonds. The summed E-state index contributed by atoms with van der Waals surface area (Å²) in [4.78, 5) is 15.0. The summed E-state index contributed by atoms with van der Waals surface area (Å²) >= 11 is 0. The fraction of sp³-hybridized carbons (Fsp3) is 0.400. The quantitative estimate of drug-likeness (QED) is 0.682. The van der Waals surface area contributed by atoms with E-state index in [1.807, 2.05) is 36.4 Å². The Balaban J connectivity index is 1.36. The largest absolute Gasteiger partial charge is 0.355 e. The summed E-state index contributed by atoms with van der Waals surface area (Å²) in [5, 5.41) is 18.8. The highest BCUT2D eigenvalue weighted by Gasteiger charge is 2.26. The second-order valence-corrected chi connectivity index (χ2v) is 7.01. The second-order valence-electron chi connectivity index (χ2n) is 7.01. The summed E-state index contributed by atoms with van der Waals surface area (Å²) in [6.07, 6.45) is 3.22. The zero-order valence-electron chi connectivity index (χ0n) is 16.0. The molecule has 0 bridgehead atoms. The van der Waals surface area contributed by atoms with Crippen molar-refractivity contribution in [1.82, 2.24) is 25.1 Å². The van der Waals surface area contributed by atoms with Gasteiger partial charge in [0.2, 0.25) is 5.91 Å². The maximum atomic E-state index is 12.8. The number of benzene rings is 1. The molecule has 0 spiro atoms. The Hall–Kier alpha value is -3.00. The van der Waals surface area contributed by atoms with Crippen molar-refractivity contribution < 1.29 is 4.79 Å². The van der Waals surface area contributed by atoms with E-state index in [4.69, 9.17) is 0 Å². The molecule has 146 valence electrons. The fourth-order valence-electron chi connectivity index (χ4n) is 3.55. The van der Waals surface area contributed by atoms with Crippen LogP contribution < -0.4 is 15.5 Å². The lowest BCUT2D eigenvalue weighted by Crippen LogP contribution is -2.38. The molecule has 1 fully saturated rings. The third-order valence-corrected chi connectivity index (χ3v) is 5.18. The molecule has 1 aromatic carbocycles. The van der Waals surface area contributed by atoms with Crippen molar-refractivity contribution in [3.05, 3.63) is 48.3 Å². The number of anilines is 2. The van der Waals surface area contributed by atoms with E-state index in [0.29, 0.717) is 0 Å². The van der Waals surface area contributed by atoms with Gasteiger partial charge in [0.1, 0.15) is 12.1 Å². The molecule has 0 atom stereocenters. The Morgan fingerprint density at radius 2 is 2.00 bits per heavy atom. The van der Waals surface area contributed by atoms with Gasteiger partial charge in [0.05, 0.1) is 0 Å². The van der Waals surface area contributed by atoms with E-state index in [1.165, 1.54) is 0 Å². The van der Waals surface area contributed by atoms with E-state index in [9.17, 15) is 4.79 Å². The average Bonchev–Trinajstić information content (AvgIpc) is 3.21. The Bertz CT molecular complexity index is 946. The number of piperidine rings is 1. The summed E-state index contributed by atoms with van der Waals surface area (Å²) in [6, 6.07) is 11.9. The number of amides is 1. The zero-order valence-corrected chi connectivity index (χ0v) is 16.0. The maximum absolute atomic E-state index is 12.8. The number of carbonyl (C=O) groups is 1. The van der Waals surface area contributed by atoms with E-state index in [1.54, 1.807) is 10.8 Å². The predicted octanol–water partition coefficient (Wildman–Crippen LogP) is 2.09. The van der Waals surface area contributed by atoms with E-state index < -0.39 is 0 Å². The highest BCUT2D eigenvalue weighted by atomic mass is 16.1. The Morgan fingerprint density at radius 1 is 1.18 bits per heavy atom. The molecule has 0 radical (unpaired) electrons. The van der Waals surface area contributed by atoms with Crippen LogP contribution in [0.4, 0.5) is 11.5 Å². The number of nitrogens with zero attached hydrogens (tertiary/aromatic N) is 5. The summed E-state index contributed by atoms with van der Waals surface area (Å²) in [5.74, 6) is 1.01. The van der Waals surface area contributed by atoms with Crippen LogP contribution in [0, 0.1) is 5.92 Å². The van der Waals surface area contributed by atoms with Gasteiger partial charge in [-0.3, -0.25) is 4.79 Å². The molecule has 3 heterocycles. The van der Waals surface area contributed by atoms with Gasteiger partial charge in [-0.05, 0) is 43.1 Å². The number of hydrogen-bond acceptors (Lipinski definition) is 6. The highest BCUT2D eigenvalue weighted by Crippen LogP contribution is 2.24. The number of aromatic nitrogens is 4. The lowest BCUT2D eigenvalue weighted by Gasteiger charge is -2.32. The van der Waals surface area contributed by atoms with Gasteiger partial charge in [0.15, 0.2) is 5.65 Å². The van der Waals surface area contributed by atoms with Crippen LogP contribution in [0.1, 0.15) is 25.3 Å². The van der Waals surface area contributed by atoms with Crippen LogP contribution in [-0.4, -0.2) is 45.4 Å². The van der Waals surface area contributed by atoms with Gasteiger partial charge in [-0.15, -0.1) is 15.3 Å². The van der Waals surface area contributed by atoms with Crippen LogP contribution in [0.2, 0.25) is 0 Å². The second kappa shape index (κ2) is 8.35. The van der Waals surface area contributed by atoms with E-state index in [2.05, 4.69) is 37.8 Å². The summed E-state index contributed by atoms with van der Waals surface area (Å²) in [6.45, 7) is 5.33. The zero-order chi connectivity index (χ0) is 19.3. The third kappa shape index (κ3) is 3.96. The van der Waals surface area contributed by atoms with Crippen molar-refractivity contribution in [2.75, 3.05) is 29.9 Å². The van der Waals surface area contributed by atoms with Crippen LogP contribution in [-0.2, 0) is 11.3 Å². The first-order valence-electron chi connectivity index (χ1n) is 9.76. The van der Waals surface area contributed by atoms with Gasteiger partial charge in [-0.25, -0.2) is 0 Å². The maximum Gasteiger partial charge on any atom is 0.227 e. The predicted molar refractivity (Wildman–Crippen MR) is 108 cm³/mol. The number of rotatable bonds is 6. The lowest BCUT2D eigenvalue weighted by atomic mass is 9.95.